The smallest absolute Gasteiger partial charge is 0.336 e. The average molecular weight is 456 g/mol. The fourth-order valence-corrected chi connectivity index (χ4v) is 12.0. The summed E-state index contributed by atoms with van der Waals surface area (Å²) in [6.45, 7) is 7.00. The van der Waals surface area contributed by atoms with Crippen molar-refractivity contribution in [3.05, 3.63) is 35.4 Å². The molecule has 0 unspecified atom stereocenters. The van der Waals surface area contributed by atoms with E-state index >= 15 is 0 Å². The minimum absolute atomic E-state index is 0.190. The van der Waals surface area contributed by atoms with Crippen LogP contribution in [0, 0.1) is 0 Å². The maximum absolute atomic E-state index is 10.5. The first-order chi connectivity index (χ1) is 12.0. The molecule has 4 nitrogen and oxygen atoms in total. The third kappa shape index (κ3) is 11.2. The molecule has 0 aromatic heterocycles. The molecule has 25 heavy (non-hydrogen) atoms. The fraction of sp³-hybridized carbons (Fsp3) is 0.600. The van der Waals surface area contributed by atoms with Crippen LogP contribution in [0.4, 0.5) is 0 Å². The van der Waals surface area contributed by atoms with Gasteiger partial charge in [0, 0.05) is 0 Å². The standard InChI is InChI=1S/C8H6O4.3C4H9.Sn/c9-7(10)5-3-1-2-4-6(5)8(11)12;3*1-3-4-2;/h1-4H,(H,9,10)(H,11,12);3*1,3-4H2,2H3;. The van der Waals surface area contributed by atoms with Crippen LogP contribution in [0.5, 0.6) is 0 Å². The SMILES string of the molecule is CCC[CH2][Sn]([CH2]CCC)[CH2]CCC.O=C(O)c1ccccc1C(=O)O. The van der Waals surface area contributed by atoms with Gasteiger partial charge in [-0.2, -0.15) is 0 Å². The van der Waals surface area contributed by atoms with Crippen LogP contribution in [-0.2, 0) is 0 Å². The van der Waals surface area contributed by atoms with Crippen molar-refractivity contribution in [1.29, 1.82) is 0 Å². The Morgan fingerprint density at radius 2 is 1.08 bits per heavy atom. The van der Waals surface area contributed by atoms with Crippen LogP contribution in [0.2, 0.25) is 13.3 Å². The van der Waals surface area contributed by atoms with Crippen molar-refractivity contribution >= 4 is 31.7 Å². The zero-order chi connectivity index (χ0) is 19.1. The molecule has 0 amide bonds. The predicted octanol–water partition coefficient (Wildman–Crippen LogP) is 5.96. The van der Waals surface area contributed by atoms with E-state index in [1.165, 1.54) is 62.8 Å². The Bertz CT molecular complexity index is 450. The molecule has 141 valence electrons. The Morgan fingerprint density at radius 3 is 1.32 bits per heavy atom. The Balaban J connectivity index is 0.000000462. The second-order valence-corrected chi connectivity index (χ2v) is 14.8. The average Bonchev–Trinajstić information content (AvgIpc) is 2.61. The summed E-state index contributed by atoms with van der Waals surface area (Å²) in [5.74, 6) is -2.46. The van der Waals surface area contributed by atoms with Gasteiger partial charge in [-0.3, -0.25) is 0 Å². The van der Waals surface area contributed by atoms with Gasteiger partial charge in [-0.1, -0.05) is 12.1 Å². The summed E-state index contributed by atoms with van der Waals surface area (Å²) in [5.41, 5.74) is -0.380. The summed E-state index contributed by atoms with van der Waals surface area (Å²) in [4.78, 5) is 20.9. The van der Waals surface area contributed by atoms with Crippen molar-refractivity contribution in [2.24, 2.45) is 0 Å². The van der Waals surface area contributed by atoms with E-state index in [-0.39, 0.29) is 11.1 Å². The van der Waals surface area contributed by atoms with E-state index in [9.17, 15) is 9.59 Å². The van der Waals surface area contributed by atoms with E-state index < -0.39 is 31.7 Å². The molecule has 0 saturated carbocycles. The topological polar surface area (TPSA) is 74.6 Å². The van der Waals surface area contributed by atoms with Gasteiger partial charge >= 0.3 is 104 Å². The zero-order valence-corrected chi connectivity index (χ0v) is 18.7. The van der Waals surface area contributed by atoms with E-state index in [1.807, 2.05) is 0 Å². The molecule has 2 N–H and O–H groups in total. The largest absolute Gasteiger partial charge is 0.478 e. The minimum Gasteiger partial charge on any atom is -0.478 e. The van der Waals surface area contributed by atoms with E-state index in [0.717, 1.165) is 0 Å². The summed E-state index contributed by atoms with van der Waals surface area (Å²) in [5, 5.41) is 17.1. The number of aromatic carboxylic acids is 2. The van der Waals surface area contributed by atoms with E-state index in [1.54, 1.807) is 13.3 Å². The number of hydrogen-bond acceptors (Lipinski definition) is 2. The van der Waals surface area contributed by atoms with Crippen LogP contribution >= 0.6 is 0 Å². The van der Waals surface area contributed by atoms with Crippen molar-refractivity contribution in [3.8, 4) is 0 Å². The first-order valence-corrected chi connectivity index (χ1v) is 15.4. The maximum atomic E-state index is 10.5. The van der Waals surface area contributed by atoms with Gasteiger partial charge in [0.05, 0.1) is 11.1 Å². The molecule has 1 aromatic rings. The maximum Gasteiger partial charge on any atom is 0.336 e. The number of carboxylic acid groups (broad SMARTS) is 2. The van der Waals surface area contributed by atoms with Gasteiger partial charge in [-0.05, 0) is 12.1 Å². The predicted molar refractivity (Wildman–Crippen MR) is 105 cm³/mol. The Labute approximate surface area is 159 Å². The van der Waals surface area contributed by atoms with Crippen LogP contribution in [0.15, 0.2) is 24.3 Å². The van der Waals surface area contributed by atoms with Crippen molar-refractivity contribution in [1.82, 2.24) is 0 Å². The molecular weight excluding hydrogens is 423 g/mol. The van der Waals surface area contributed by atoms with Gasteiger partial charge < -0.3 is 10.2 Å². The third-order valence-electron chi connectivity index (χ3n) is 4.04. The van der Waals surface area contributed by atoms with Crippen LogP contribution in [0.1, 0.15) is 80.0 Å². The van der Waals surface area contributed by atoms with E-state index in [4.69, 9.17) is 10.2 Å². The van der Waals surface area contributed by atoms with Crippen molar-refractivity contribution in [3.63, 3.8) is 0 Å². The minimum atomic E-state index is -1.23. The Kier molecular flexibility index (Phi) is 14.6. The third-order valence-corrected chi connectivity index (χ3v) is 13.1. The molecule has 0 atom stereocenters. The summed E-state index contributed by atoms with van der Waals surface area (Å²) in [6.07, 6.45) is 8.85. The molecule has 1 aromatic carbocycles. The van der Waals surface area contributed by atoms with Gasteiger partial charge in [0.15, 0.2) is 0 Å². The van der Waals surface area contributed by atoms with Crippen LogP contribution in [0.25, 0.3) is 0 Å². The molecular formula is C20H33O4Sn. The Morgan fingerprint density at radius 1 is 0.760 bits per heavy atom. The molecule has 0 aliphatic carbocycles. The molecule has 1 radical (unpaired) electrons. The summed E-state index contributed by atoms with van der Waals surface area (Å²) in [7, 11) is 0. The summed E-state index contributed by atoms with van der Waals surface area (Å²) in [6, 6.07) is 5.48. The fourth-order valence-electron chi connectivity index (χ4n) is 2.51. The van der Waals surface area contributed by atoms with Crippen molar-refractivity contribution in [2.75, 3.05) is 0 Å². The van der Waals surface area contributed by atoms with Gasteiger partial charge in [-0.25, -0.2) is 9.59 Å². The first-order valence-electron chi connectivity index (χ1n) is 9.36. The number of rotatable bonds is 11. The number of carboxylic acids is 2. The normalized spacial score (nSPS) is 10.2. The monoisotopic (exact) mass is 457 g/mol. The van der Waals surface area contributed by atoms with E-state index in [2.05, 4.69) is 20.8 Å². The molecule has 1 rings (SSSR count). The number of hydrogen-bond donors (Lipinski definition) is 2. The number of unbranched alkanes of at least 4 members (excludes halogenated alkanes) is 3. The van der Waals surface area contributed by atoms with Gasteiger partial charge in [0.25, 0.3) is 0 Å². The van der Waals surface area contributed by atoms with Crippen molar-refractivity contribution in [2.45, 2.75) is 72.6 Å². The number of carbonyl (C=O) groups is 2. The van der Waals surface area contributed by atoms with Crippen LogP contribution < -0.4 is 0 Å². The quantitative estimate of drug-likeness (QED) is 0.403. The summed E-state index contributed by atoms with van der Waals surface area (Å²) >= 11 is -0.839. The van der Waals surface area contributed by atoms with Crippen LogP contribution in [0.3, 0.4) is 0 Å². The van der Waals surface area contributed by atoms with Gasteiger partial charge in [0.2, 0.25) is 0 Å². The molecule has 0 heterocycles. The summed E-state index contributed by atoms with van der Waals surface area (Å²) < 4.78 is 5.04. The molecule has 0 aliphatic rings. The van der Waals surface area contributed by atoms with Gasteiger partial charge in [0.1, 0.15) is 0 Å². The zero-order valence-electron chi connectivity index (χ0n) is 15.9. The molecule has 0 aliphatic heterocycles. The van der Waals surface area contributed by atoms with Crippen LogP contribution in [-0.4, -0.2) is 41.9 Å². The first kappa shape index (κ1) is 24.0. The van der Waals surface area contributed by atoms with Gasteiger partial charge in [-0.15, -0.1) is 0 Å². The van der Waals surface area contributed by atoms with E-state index in [0.29, 0.717) is 0 Å². The molecule has 0 fully saturated rings. The number of benzene rings is 1. The second-order valence-electron chi connectivity index (χ2n) is 6.22. The Hall–Kier alpha value is -1.04. The molecule has 0 spiro atoms. The molecule has 0 saturated heterocycles. The second kappa shape index (κ2) is 15.2. The molecule has 0 bridgehead atoms. The molecule has 5 heteroatoms. The van der Waals surface area contributed by atoms with Crippen molar-refractivity contribution < 1.29 is 19.8 Å².